The van der Waals surface area contributed by atoms with Gasteiger partial charge in [-0.05, 0) is 62.3 Å². The summed E-state index contributed by atoms with van der Waals surface area (Å²) in [5, 5.41) is 6.64. The molecule has 6 nitrogen and oxygen atoms in total. The standard InChI is InChI=1S/C25H33FN4O2/c1-2-20-4-3-19(16-28-20)24(31)14-21-13-18(7-10-27-21)23-6-5-22(26)25(30-23)29-15-17-8-11-32-12-9-17/h5-7,10,13,17,19-20,28H,2-4,8-9,11-12,14-16H2,1H3,(H,29,30)/t19-,20-/m1/s1. The first kappa shape index (κ1) is 22.8. The van der Waals surface area contributed by atoms with Gasteiger partial charge in [0.1, 0.15) is 5.78 Å². The predicted octanol–water partition coefficient (Wildman–Crippen LogP) is 4.01. The highest BCUT2D eigenvalue weighted by Gasteiger charge is 2.25. The molecule has 0 unspecified atom stereocenters. The number of nitrogens with one attached hydrogen (secondary N) is 2. The third-order valence-electron chi connectivity index (χ3n) is 6.68. The van der Waals surface area contributed by atoms with Gasteiger partial charge in [0.05, 0.1) is 5.69 Å². The summed E-state index contributed by atoms with van der Waals surface area (Å²) in [4.78, 5) is 21.7. The normalized spacial score (nSPS) is 21.9. The third kappa shape index (κ3) is 5.90. The SMILES string of the molecule is CC[C@@H]1CC[C@@H](C(=O)Cc2cc(-c3ccc(F)c(NCC4CCOCC4)n3)ccn2)CN1. The van der Waals surface area contributed by atoms with Crippen LogP contribution >= 0.6 is 0 Å². The van der Waals surface area contributed by atoms with Crippen molar-refractivity contribution in [1.82, 2.24) is 15.3 Å². The molecule has 172 valence electrons. The van der Waals surface area contributed by atoms with Gasteiger partial charge in [0.15, 0.2) is 11.6 Å². The van der Waals surface area contributed by atoms with Crippen molar-refractivity contribution >= 4 is 11.6 Å². The molecule has 2 aliphatic rings. The Morgan fingerprint density at radius 1 is 1.22 bits per heavy atom. The number of aromatic nitrogens is 2. The monoisotopic (exact) mass is 440 g/mol. The fraction of sp³-hybridized carbons (Fsp3) is 0.560. The van der Waals surface area contributed by atoms with Crippen LogP contribution in [-0.4, -0.2) is 48.1 Å². The second kappa shape index (κ2) is 11.0. The third-order valence-corrected chi connectivity index (χ3v) is 6.68. The van der Waals surface area contributed by atoms with Crippen LogP contribution in [0.4, 0.5) is 10.2 Å². The molecule has 2 saturated heterocycles. The van der Waals surface area contributed by atoms with Gasteiger partial charge < -0.3 is 15.4 Å². The lowest BCUT2D eigenvalue weighted by molar-refractivity contribution is -0.122. The quantitative estimate of drug-likeness (QED) is 0.646. The minimum atomic E-state index is -0.361. The lowest BCUT2D eigenvalue weighted by atomic mass is 9.88. The predicted molar refractivity (Wildman–Crippen MR) is 123 cm³/mol. The Hall–Kier alpha value is -2.38. The topological polar surface area (TPSA) is 76.1 Å². The molecular weight excluding hydrogens is 407 g/mol. The van der Waals surface area contributed by atoms with E-state index in [9.17, 15) is 9.18 Å². The summed E-state index contributed by atoms with van der Waals surface area (Å²) in [6.07, 6.45) is 7.05. The van der Waals surface area contributed by atoms with Crippen LogP contribution in [0.15, 0.2) is 30.5 Å². The average molecular weight is 441 g/mol. The Morgan fingerprint density at radius 3 is 2.81 bits per heavy atom. The number of rotatable bonds is 8. The zero-order valence-electron chi connectivity index (χ0n) is 18.8. The summed E-state index contributed by atoms with van der Waals surface area (Å²) in [6, 6.07) is 7.39. The summed E-state index contributed by atoms with van der Waals surface area (Å²) in [7, 11) is 0. The highest BCUT2D eigenvalue weighted by molar-refractivity contribution is 5.83. The first-order chi connectivity index (χ1) is 15.6. The number of ether oxygens (including phenoxy) is 1. The van der Waals surface area contributed by atoms with Crippen LogP contribution in [0.3, 0.4) is 0 Å². The molecule has 2 aromatic rings. The van der Waals surface area contributed by atoms with E-state index in [4.69, 9.17) is 4.74 Å². The summed E-state index contributed by atoms with van der Waals surface area (Å²) in [5.41, 5.74) is 2.24. The molecule has 4 heterocycles. The fourth-order valence-corrected chi connectivity index (χ4v) is 4.51. The van der Waals surface area contributed by atoms with Gasteiger partial charge in [-0.3, -0.25) is 9.78 Å². The molecule has 7 heteroatoms. The largest absolute Gasteiger partial charge is 0.381 e. The molecule has 0 aromatic carbocycles. The van der Waals surface area contributed by atoms with Gasteiger partial charge >= 0.3 is 0 Å². The zero-order chi connectivity index (χ0) is 22.3. The number of anilines is 1. The van der Waals surface area contributed by atoms with E-state index in [1.807, 2.05) is 12.1 Å². The molecule has 4 rings (SSSR count). The molecule has 0 aliphatic carbocycles. The Balaban J connectivity index is 1.40. The number of piperidine rings is 1. The molecule has 0 spiro atoms. The number of Topliss-reactive ketones (excluding diaryl/α,β-unsaturated/α-hetero) is 1. The highest BCUT2D eigenvalue weighted by atomic mass is 19.1. The lowest BCUT2D eigenvalue weighted by Gasteiger charge is -2.28. The maximum atomic E-state index is 14.3. The summed E-state index contributed by atoms with van der Waals surface area (Å²) in [6.45, 7) is 5.12. The van der Waals surface area contributed by atoms with Crippen LogP contribution in [0.1, 0.15) is 44.7 Å². The Labute approximate surface area is 189 Å². The van der Waals surface area contributed by atoms with Crippen molar-refractivity contribution in [2.75, 3.05) is 31.6 Å². The molecule has 0 bridgehead atoms. The van der Waals surface area contributed by atoms with E-state index >= 15 is 0 Å². The van der Waals surface area contributed by atoms with Gasteiger partial charge in [0.25, 0.3) is 0 Å². The average Bonchev–Trinajstić information content (AvgIpc) is 2.84. The second-order valence-corrected chi connectivity index (χ2v) is 8.93. The van der Waals surface area contributed by atoms with Gasteiger partial charge in [-0.2, -0.15) is 0 Å². The van der Waals surface area contributed by atoms with Crippen molar-refractivity contribution in [3.05, 3.63) is 42.0 Å². The maximum absolute atomic E-state index is 14.3. The van der Waals surface area contributed by atoms with E-state index in [1.54, 1.807) is 12.3 Å². The van der Waals surface area contributed by atoms with E-state index in [-0.39, 0.29) is 23.3 Å². The molecule has 2 atom stereocenters. The van der Waals surface area contributed by atoms with E-state index in [0.717, 1.165) is 63.1 Å². The number of hydrogen-bond donors (Lipinski definition) is 2. The van der Waals surface area contributed by atoms with Gasteiger partial charge in [-0.25, -0.2) is 9.37 Å². The molecule has 2 N–H and O–H groups in total. The molecule has 0 saturated carbocycles. The van der Waals surface area contributed by atoms with Crippen molar-refractivity contribution in [1.29, 1.82) is 0 Å². The highest BCUT2D eigenvalue weighted by Crippen LogP contribution is 2.24. The lowest BCUT2D eigenvalue weighted by Crippen LogP contribution is -2.41. The minimum Gasteiger partial charge on any atom is -0.381 e. The van der Waals surface area contributed by atoms with Gasteiger partial charge in [0, 0.05) is 62.1 Å². The number of pyridine rings is 2. The number of nitrogens with zero attached hydrogens (tertiary/aromatic N) is 2. The van der Waals surface area contributed by atoms with Crippen LogP contribution in [0.2, 0.25) is 0 Å². The summed E-state index contributed by atoms with van der Waals surface area (Å²) >= 11 is 0. The zero-order valence-corrected chi connectivity index (χ0v) is 18.8. The van der Waals surface area contributed by atoms with Crippen molar-refractivity contribution in [3.8, 4) is 11.3 Å². The van der Waals surface area contributed by atoms with Crippen molar-refractivity contribution in [2.24, 2.45) is 11.8 Å². The Bertz CT molecular complexity index is 909. The number of carbonyl (C=O) groups excluding carboxylic acids is 1. The van der Waals surface area contributed by atoms with E-state index < -0.39 is 0 Å². The van der Waals surface area contributed by atoms with Crippen LogP contribution in [0.5, 0.6) is 0 Å². The fourth-order valence-electron chi connectivity index (χ4n) is 4.51. The Morgan fingerprint density at radius 2 is 2.06 bits per heavy atom. The molecule has 2 aromatic heterocycles. The molecule has 0 radical (unpaired) electrons. The minimum absolute atomic E-state index is 0.0493. The van der Waals surface area contributed by atoms with Crippen LogP contribution < -0.4 is 10.6 Å². The van der Waals surface area contributed by atoms with Gasteiger partial charge in [-0.1, -0.05) is 6.92 Å². The second-order valence-electron chi connectivity index (χ2n) is 8.93. The van der Waals surface area contributed by atoms with E-state index in [0.29, 0.717) is 30.6 Å². The van der Waals surface area contributed by atoms with Gasteiger partial charge in [-0.15, -0.1) is 0 Å². The molecular formula is C25H33FN4O2. The first-order valence-electron chi connectivity index (χ1n) is 11.8. The van der Waals surface area contributed by atoms with Crippen LogP contribution in [-0.2, 0) is 16.0 Å². The summed E-state index contributed by atoms with van der Waals surface area (Å²) in [5.74, 6) is 0.646. The molecule has 0 amide bonds. The maximum Gasteiger partial charge on any atom is 0.165 e. The van der Waals surface area contributed by atoms with Crippen molar-refractivity contribution in [3.63, 3.8) is 0 Å². The molecule has 2 fully saturated rings. The van der Waals surface area contributed by atoms with Gasteiger partial charge in [0.2, 0.25) is 0 Å². The summed E-state index contributed by atoms with van der Waals surface area (Å²) < 4.78 is 19.7. The Kier molecular flexibility index (Phi) is 7.81. The van der Waals surface area contributed by atoms with Crippen LogP contribution in [0, 0.1) is 17.7 Å². The molecule has 2 aliphatic heterocycles. The van der Waals surface area contributed by atoms with Crippen molar-refractivity contribution < 1.29 is 13.9 Å². The first-order valence-corrected chi connectivity index (χ1v) is 11.8. The van der Waals surface area contributed by atoms with Crippen LogP contribution in [0.25, 0.3) is 11.3 Å². The smallest absolute Gasteiger partial charge is 0.165 e. The number of ketones is 1. The number of carbonyl (C=O) groups is 1. The van der Waals surface area contributed by atoms with E-state index in [2.05, 4.69) is 27.5 Å². The number of hydrogen-bond acceptors (Lipinski definition) is 6. The molecule has 32 heavy (non-hydrogen) atoms. The van der Waals surface area contributed by atoms with Crippen molar-refractivity contribution in [2.45, 2.75) is 51.5 Å². The number of halogens is 1. The van der Waals surface area contributed by atoms with E-state index in [1.165, 1.54) is 6.07 Å².